The molecule has 0 radical (unpaired) electrons. The third kappa shape index (κ3) is 6.39. The fourth-order valence-corrected chi connectivity index (χ4v) is 5.33. The van der Waals surface area contributed by atoms with Crippen molar-refractivity contribution in [1.29, 1.82) is 0 Å². The Hall–Kier alpha value is -2.77. The molecule has 2 aliphatic rings. The number of para-hydroxylation sites is 1. The number of fused-ring (bicyclic) bond motifs is 1. The predicted molar refractivity (Wildman–Crippen MR) is 145 cm³/mol. The zero-order valence-corrected chi connectivity index (χ0v) is 23.0. The topological polar surface area (TPSA) is 60.5 Å². The zero-order valence-electron chi connectivity index (χ0n) is 23.0. The van der Waals surface area contributed by atoms with Crippen LogP contribution in [0.5, 0.6) is 17.2 Å². The first-order chi connectivity index (χ1) is 17.9. The lowest BCUT2D eigenvalue weighted by molar-refractivity contribution is -0.0744. The highest BCUT2D eigenvalue weighted by Crippen LogP contribution is 2.46. The van der Waals surface area contributed by atoms with Crippen molar-refractivity contribution in [3.05, 3.63) is 53.6 Å². The smallest absolute Gasteiger partial charge is 0.253 e. The molecule has 202 valence electrons. The molecule has 1 amide bonds. The summed E-state index contributed by atoms with van der Waals surface area (Å²) in [7, 11) is 1.60. The minimum Gasteiger partial charge on any atom is -0.493 e. The van der Waals surface area contributed by atoms with E-state index in [1.807, 2.05) is 49.1 Å². The SMILES string of the molecule is CCN(CC)CCOC1CC2(CCN(C(=O)c3ccc(OC(C)C)c(OC)c3)CC2)Oc2ccccc21. The van der Waals surface area contributed by atoms with Gasteiger partial charge >= 0.3 is 0 Å². The lowest BCUT2D eigenvalue weighted by Crippen LogP contribution is -2.52. The molecular formula is C30H42N2O5. The number of benzene rings is 2. The second kappa shape index (κ2) is 12.2. The number of amides is 1. The van der Waals surface area contributed by atoms with Gasteiger partial charge in [-0.15, -0.1) is 0 Å². The van der Waals surface area contributed by atoms with Crippen LogP contribution in [0.15, 0.2) is 42.5 Å². The van der Waals surface area contributed by atoms with Crippen molar-refractivity contribution in [2.45, 2.75) is 64.8 Å². The summed E-state index contributed by atoms with van der Waals surface area (Å²) in [5, 5.41) is 0. The maximum atomic E-state index is 13.4. The highest BCUT2D eigenvalue weighted by Gasteiger charge is 2.44. The largest absolute Gasteiger partial charge is 0.493 e. The molecule has 2 heterocycles. The summed E-state index contributed by atoms with van der Waals surface area (Å²) in [6, 6.07) is 13.6. The van der Waals surface area contributed by atoms with E-state index in [9.17, 15) is 4.79 Å². The first kappa shape index (κ1) is 27.3. The number of hydrogen-bond donors (Lipinski definition) is 0. The number of nitrogens with zero attached hydrogens (tertiary/aromatic N) is 2. The van der Waals surface area contributed by atoms with E-state index in [0.717, 1.165) is 50.2 Å². The second-order valence-corrected chi connectivity index (χ2v) is 10.2. The molecule has 2 aromatic carbocycles. The molecule has 1 fully saturated rings. The highest BCUT2D eigenvalue weighted by atomic mass is 16.5. The second-order valence-electron chi connectivity index (χ2n) is 10.2. The molecule has 1 unspecified atom stereocenters. The molecular weight excluding hydrogens is 468 g/mol. The molecule has 4 rings (SSSR count). The van der Waals surface area contributed by atoms with Crippen molar-refractivity contribution >= 4 is 5.91 Å². The van der Waals surface area contributed by atoms with E-state index < -0.39 is 0 Å². The number of piperidine rings is 1. The third-order valence-corrected chi connectivity index (χ3v) is 7.51. The lowest BCUT2D eigenvalue weighted by Gasteiger charge is -2.46. The minimum atomic E-state index is -0.322. The number of ether oxygens (including phenoxy) is 4. The number of rotatable bonds is 10. The predicted octanol–water partition coefficient (Wildman–Crippen LogP) is 5.34. The molecule has 0 N–H and O–H groups in total. The van der Waals surface area contributed by atoms with Gasteiger partial charge in [-0.2, -0.15) is 0 Å². The van der Waals surface area contributed by atoms with Crippen LogP contribution >= 0.6 is 0 Å². The molecule has 7 heteroatoms. The Kier molecular flexibility index (Phi) is 8.98. The van der Waals surface area contributed by atoms with E-state index in [0.29, 0.717) is 36.8 Å². The molecule has 2 aromatic rings. The summed E-state index contributed by atoms with van der Waals surface area (Å²) in [4.78, 5) is 17.7. The van der Waals surface area contributed by atoms with Gasteiger partial charge in [-0.1, -0.05) is 32.0 Å². The van der Waals surface area contributed by atoms with Crippen molar-refractivity contribution in [1.82, 2.24) is 9.80 Å². The number of carbonyl (C=O) groups excluding carboxylic acids is 1. The Morgan fingerprint density at radius 2 is 1.84 bits per heavy atom. The molecule has 0 aliphatic carbocycles. The van der Waals surface area contributed by atoms with Gasteiger partial charge in [-0.05, 0) is 51.2 Å². The normalized spacial score (nSPS) is 18.6. The highest BCUT2D eigenvalue weighted by molar-refractivity contribution is 5.95. The number of likely N-dealkylation sites (N-methyl/N-ethyl adjacent to an activating group) is 1. The summed E-state index contributed by atoms with van der Waals surface area (Å²) in [5.74, 6) is 2.14. The number of hydrogen-bond acceptors (Lipinski definition) is 6. The first-order valence-electron chi connectivity index (χ1n) is 13.6. The number of likely N-dealkylation sites (tertiary alicyclic amines) is 1. The Bertz CT molecular complexity index is 1040. The third-order valence-electron chi connectivity index (χ3n) is 7.51. The maximum Gasteiger partial charge on any atom is 0.253 e. The van der Waals surface area contributed by atoms with Gasteiger partial charge in [-0.3, -0.25) is 4.79 Å². The van der Waals surface area contributed by atoms with Crippen molar-refractivity contribution < 1.29 is 23.7 Å². The molecule has 1 saturated heterocycles. The Morgan fingerprint density at radius 3 is 2.51 bits per heavy atom. The van der Waals surface area contributed by atoms with E-state index in [-0.39, 0.29) is 23.7 Å². The van der Waals surface area contributed by atoms with E-state index >= 15 is 0 Å². The van der Waals surface area contributed by atoms with Crippen LogP contribution in [0.25, 0.3) is 0 Å². The quantitative estimate of drug-likeness (QED) is 0.430. The van der Waals surface area contributed by atoms with Gasteiger partial charge in [0.15, 0.2) is 11.5 Å². The zero-order chi connectivity index (χ0) is 26.4. The van der Waals surface area contributed by atoms with Crippen LogP contribution in [-0.2, 0) is 4.74 Å². The standard InChI is InChI=1S/C30H42N2O5/c1-6-31(7-2)18-19-35-28-21-30(37-25-11-9-8-10-24(25)28)14-16-32(17-15-30)29(33)23-12-13-26(36-22(3)4)27(20-23)34-5/h8-13,20,22,28H,6-7,14-19,21H2,1-5H3. The summed E-state index contributed by atoms with van der Waals surface area (Å²) >= 11 is 0. The van der Waals surface area contributed by atoms with Gasteiger partial charge in [0.05, 0.1) is 25.9 Å². The van der Waals surface area contributed by atoms with Gasteiger partial charge < -0.3 is 28.7 Å². The Balaban J connectivity index is 1.42. The molecule has 1 atom stereocenters. The molecule has 7 nitrogen and oxygen atoms in total. The first-order valence-corrected chi connectivity index (χ1v) is 13.6. The molecule has 0 aromatic heterocycles. The van der Waals surface area contributed by atoms with E-state index in [2.05, 4.69) is 24.8 Å². The maximum absolute atomic E-state index is 13.4. The summed E-state index contributed by atoms with van der Waals surface area (Å²) in [6.07, 6.45) is 2.38. The molecule has 0 saturated carbocycles. The molecule has 37 heavy (non-hydrogen) atoms. The van der Waals surface area contributed by atoms with Crippen molar-refractivity contribution in [2.75, 3.05) is 46.4 Å². The number of carbonyl (C=O) groups is 1. The van der Waals surface area contributed by atoms with Gasteiger partial charge in [0, 0.05) is 50.0 Å². The van der Waals surface area contributed by atoms with Crippen LogP contribution in [0.3, 0.4) is 0 Å². The fraction of sp³-hybridized carbons (Fsp3) is 0.567. The van der Waals surface area contributed by atoms with Crippen molar-refractivity contribution in [3.8, 4) is 17.2 Å². The van der Waals surface area contributed by atoms with Gasteiger partial charge in [-0.25, -0.2) is 0 Å². The molecule has 0 bridgehead atoms. The van der Waals surface area contributed by atoms with Gasteiger partial charge in [0.25, 0.3) is 5.91 Å². The van der Waals surface area contributed by atoms with Gasteiger partial charge in [0.1, 0.15) is 11.4 Å². The van der Waals surface area contributed by atoms with Gasteiger partial charge in [0.2, 0.25) is 0 Å². The molecule has 1 spiro atoms. The lowest BCUT2D eigenvalue weighted by atomic mass is 9.81. The van der Waals surface area contributed by atoms with Crippen LogP contribution in [0.1, 0.15) is 69.0 Å². The monoisotopic (exact) mass is 510 g/mol. The van der Waals surface area contributed by atoms with Crippen LogP contribution < -0.4 is 14.2 Å². The number of methoxy groups -OCH3 is 1. The van der Waals surface area contributed by atoms with E-state index in [1.54, 1.807) is 13.2 Å². The Labute approximate surface area is 221 Å². The average Bonchev–Trinajstić information content (AvgIpc) is 2.91. The summed E-state index contributed by atoms with van der Waals surface area (Å²) in [5.41, 5.74) is 1.41. The van der Waals surface area contributed by atoms with E-state index in [1.165, 1.54) is 0 Å². The van der Waals surface area contributed by atoms with Crippen molar-refractivity contribution in [3.63, 3.8) is 0 Å². The summed E-state index contributed by atoms with van der Waals surface area (Å²) < 4.78 is 24.4. The minimum absolute atomic E-state index is 0.000488. The fourth-order valence-electron chi connectivity index (χ4n) is 5.33. The van der Waals surface area contributed by atoms with Crippen molar-refractivity contribution in [2.24, 2.45) is 0 Å². The van der Waals surface area contributed by atoms with Crippen LogP contribution in [0, 0.1) is 0 Å². The van der Waals surface area contributed by atoms with Crippen LogP contribution in [0.4, 0.5) is 0 Å². The summed E-state index contributed by atoms with van der Waals surface area (Å²) in [6.45, 7) is 13.2. The van der Waals surface area contributed by atoms with Crippen LogP contribution in [0.2, 0.25) is 0 Å². The van der Waals surface area contributed by atoms with E-state index in [4.69, 9.17) is 18.9 Å². The Morgan fingerprint density at radius 1 is 1.11 bits per heavy atom. The average molecular weight is 511 g/mol. The molecule has 2 aliphatic heterocycles. The van der Waals surface area contributed by atoms with Crippen LogP contribution in [-0.4, -0.2) is 73.9 Å².